The van der Waals surface area contributed by atoms with E-state index in [0.717, 1.165) is 19.2 Å². The van der Waals surface area contributed by atoms with E-state index in [2.05, 4.69) is 15.4 Å². The van der Waals surface area contributed by atoms with Crippen LogP contribution >= 0.6 is 0 Å². The Morgan fingerprint density at radius 3 is 2.28 bits per heavy atom. The van der Waals surface area contributed by atoms with Crippen molar-refractivity contribution in [1.82, 2.24) is 10.6 Å². The molecule has 0 spiro atoms. The molecule has 0 atom stereocenters. The van der Waals surface area contributed by atoms with Crippen molar-refractivity contribution in [2.75, 3.05) is 20.2 Å². The van der Waals surface area contributed by atoms with E-state index >= 15 is 0 Å². The molecular formula is C19H18FN3O6. The summed E-state index contributed by atoms with van der Waals surface area (Å²) < 4.78 is 17.4. The quantitative estimate of drug-likeness (QED) is 0.298. The molecule has 0 saturated carbocycles. The number of methoxy groups -OCH3 is 1. The van der Waals surface area contributed by atoms with E-state index in [1.54, 1.807) is 0 Å². The fourth-order valence-corrected chi connectivity index (χ4v) is 2.41. The van der Waals surface area contributed by atoms with Crippen LogP contribution < -0.4 is 10.6 Å². The molecule has 9 nitrogen and oxygen atoms in total. The lowest BCUT2D eigenvalue weighted by atomic mass is 10.1. The SMILES string of the molecule is COC(=O)c1cc(C(=O)NCCNC(=O)Cc2ccc(F)cc2)cc([N+](=O)[O-])c1. The van der Waals surface area contributed by atoms with Gasteiger partial charge in [-0.15, -0.1) is 0 Å². The second-order valence-corrected chi connectivity index (χ2v) is 5.93. The molecule has 2 amide bonds. The third kappa shape index (κ3) is 6.38. The van der Waals surface area contributed by atoms with E-state index in [9.17, 15) is 28.9 Å². The Hall–Kier alpha value is -3.82. The zero-order valence-corrected chi connectivity index (χ0v) is 15.4. The molecule has 2 aromatic carbocycles. The highest BCUT2D eigenvalue weighted by Crippen LogP contribution is 2.18. The summed E-state index contributed by atoms with van der Waals surface area (Å²) >= 11 is 0. The molecule has 10 heteroatoms. The van der Waals surface area contributed by atoms with Crippen LogP contribution in [0.5, 0.6) is 0 Å². The smallest absolute Gasteiger partial charge is 0.338 e. The van der Waals surface area contributed by atoms with Gasteiger partial charge < -0.3 is 15.4 Å². The Morgan fingerprint density at radius 2 is 1.66 bits per heavy atom. The first-order chi connectivity index (χ1) is 13.8. The summed E-state index contributed by atoms with van der Waals surface area (Å²) in [5.41, 5.74) is 0.00205. The van der Waals surface area contributed by atoms with Crippen molar-refractivity contribution < 1.29 is 28.4 Å². The van der Waals surface area contributed by atoms with E-state index in [-0.39, 0.29) is 36.5 Å². The normalized spacial score (nSPS) is 10.1. The average molecular weight is 403 g/mol. The zero-order valence-electron chi connectivity index (χ0n) is 15.4. The minimum absolute atomic E-state index is 0.0571. The lowest BCUT2D eigenvalue weighted by molar-refractivity contribution is -0.384. The molecule has 0 unspecified atom stereocenters. The second-order valence-electron chi connectivity index (χ2n) is 5.93. The number of halogens is 1. The topological polar surface area (TPSA) is 128 Å². The van der Waals surface area contributed by atoms with Gasteiger partial charge >= 0.3 is 5.97 Å². The summed E-state index contributed by atoms with van der Waals surface area (Å²) in [7, 11) is 1.12. The van der Waals surface area contributed by atoms with Gasteiger partial charge in [0.05, 0.1) is 24.0 Å². The number of nitrogens with one attached hydrogen (secondary N) is 2. The van der Waals surface area contributed by atoms with Gasteiger partial charge in [0.25, 0.3) is 11.6 Å². The summed E-state index contributed by atoms with van der Waals surface area (Å²) in [5, 5.41) is 16.1. The molecule has 2 rings (SSSR count). The van der Waals surface area contributed by atoms with E-state index in [1.807, 2.05) is 0 Å². The van der Waals surface area contributed by atoms with Gasteiger partial charge in [0, 0.05) is 30.8 Å². The fourth-order valence-electron chi connectivity index (χ4n) is 2.41. The van der Waals surface area contributed by atoms with E-state index < -0.39 is 28.3 Å². The van der Waals surface area contributed by atoms with Crippen molar-refractivity contribution >= 4 is 23.5 Å². The molecule has 0 aromatic heterocycles. The molecule has 2 aromatic rings. The summed E-state index contributed by atoms with van der Waals surface area (Å²) in [6.07, 6.45) is 0.0571. The van der Waals surface area contributed by atoms with E-state index in [4.69, 9.17) is 0 Å². The number of nitrogens with zero attached hydrogens (tertiary/aromatic N) is 1. The molecule has 29 heavy (non-hydrogen) atoms. The van der Waals surface area contributed by atoms with Gasteiger partial charge in [-0.05, 0) is 23.8 Å². The van der Waals surface area contributed by atoms with Crippen molar-refractivity contribution in [3.05, 3.63) is 75.1 Å². The van der Waals surface area contributed by atoms with Crippen LogP contribution in [0.25, 0.3) is 0 Å². The van der Waals surface area contributed by atoms with Gasteiger partial charge in [-0.1, -0.05) is 12.1 Å². The number of carbonyl (C=O) groups is 3. The number of nitro benzene ring substituents is 1. The molecule has 0 radical (unpaired) electrons. The van der Waals surface area contributed by atoms with Gasteiger partial charge in [0.1, 0.15) is 5.82 Å². The lowest BCUT2D eigenvalue weighted by Crippen LogP contribution is -2.35. The number of benzene rings is 2. The van der Waals surface area contributed by atoms with Crippen molar-refractivity contribution in [3.63, 3.8) is 0 Å². The van der Waals surface area contributed by atoms with Crippen LogP contribution in [0, 0.1) is 15.9 Å². The number of nitro groups is 1. The molecule has 0 saturated heterocycles. The van der Waals surface area contributed by atoms with Crippen molar-refractivity contribution in [1.29, 1.82) is 0 Å². The number of carbonyl (C=O) groups excluding carboxylic acids is 3. The molecule has 152 valence electrons. The summed E-state index contributed by atoms with van der Waals surface area (Å²) in [4.78, 5) is 46.0. The zero-order chi connectivity index (χ0) is 21.4. The van der Waals surface area contributed by atoms with E-state index in [0.29, 0.717) is 5.56 Å². The molecule has 0 heterocycles. The first kappa shape index (κ1) is 21.5. The van der Waals surface area contributed by atoms with Crippen molar-refractivity contribution in [3.8, 4) is 0 Å². The number of rotatable bonds is 8. The monoisotopic (exact) mass is 403 g/mol. The van der Waals surface area contributed by atoms with Gasteiger partial charge in [0.15, 0.2) is 0 Å². The van der Waals surface area contributed by atoms with Crippen LogP contribution in [0.3, 0.4) is 0 Å². The lowest BCUT2D eigenvalue weighted by Gasteiger charge is -2.08. The van der Waals surface area contributed by atoms with Crippen molar-refractivity contribution in [2.24, 2.45) is 0 Å². The van der Waals surface area contributed by atoms with Crippen LogP contribution in [-0.2, 0) is 16.0 Å². The van der Waals surface area contributed by atoms with Crippen LogP contribution in [0.1, 0.15) is 26.3 Å². The molecule has 0 bridgehead atoms. The maximum Gasteiger partial charge on any atom is 0.338 e. The Balaban J connectivity index is 1.89. The number of ether oxygens (including phenoxy) is 1. The minimum atomic E-state index is -0.809. The highest BCUT2D eigenvalue weighted by atomic mass is 19.1. The number of amides is 2. The predicted octanol–water partition coefficient (Wildman–Crippen LogP) is 1.61. The number of non-ortho nitro benzene ring substituents is 1. The summed E-state index contributed by atoms with van der Waals surface area (Å²) in [6.45, 7) is 0.175. The van der Waals surface area contributed by atoms with Gasteiger partial charge in [-0.25, -0.2) is 9.18 Å². The predicted molar refractivity (Wildman–Crippen MR) is 99.9 cm³/mol. The maximum absolute atomic E-state index is 12.8. The Bertz CT molecular complexity index is 930. The minimum Gasteiger partial charge on any atom is -0.465 e. The van der Waals surface area contributed by atoms with Crippen LogP contribution in [0.15, 0.2) is 42.5 Å². The van der Waals surface area contributed by atoms with Crippen LogP contribution in [-0.4, -0.2) is 42.9 Å². The highest BCUT2D eigenvalue weighted by Gasteiger charge is 2.18. The fraction of sp³-hybridized carbons (Fsp3) is 0.211. The third-order valence-corrected chi connectivity index (χ3v) is 3.82. The summed E-state index contributed by atoms with van der Waals surface area (Å²) in [5.74, 6) is -2.16. The third-order valence-electron chi connectivity index (χ3n) is 3.82. The van der Waals surface area contributed by atoms with Gasteiger partial charge in [0.2, 0.25) is 5.91 Å². The van der Waals surface area contributed by atoms with E-state index in [1.165, 1.54) is 30.3 Å². The Labute approximate surface area is 165 Å². The maximum atomic E-state index is 12.8. The average Bonchev–Trinajstić information content (AvgIpc) is 2.71. The molecule has 2 N–H and O–H groups in total. The standard InChI is InChI=1S/C19H18FN3O6/c1-29-19(26)14-9-13(10-16(11-14)23(27)28)18(25)22-7-6-21-17(24)8-12-2-4-15(20)5-3-12/h2-5,9-11H,6-8H2,1H3,(H,21,24)(H,22,25). The highest BCUT2D eigenvalue weighted by molar-refractivity contribution is 5.99. The summed E-state index contributed by atoms with van der Waals surface area (Å²) in [6, 6.07) is 8.74. The molecular weight excluding hydrogens is 385 g/mol. The Kier molecular flexibility index (Phi) is 7.35. The largest absolute Gasteiger partial charge is 0.465 e. The first-order valence-electron chi connectivity index (χ1n) is 8.47. The second kappa shape index (κ2) is 9.93. The number of hydrogen-bond acceptors (Lipinski definition) is 6. The van der Waals surface area contributed by atoms with Crippen LogP contribution in [0.4, 0.5) is 10.1 Å². The molecule has 0 fully saturated rings. The molecule has 0 aliphatic rings. The van der Waals surface area contributed by atoms with Crippen molar-refractivity contribution in [2.45, 2.75) is 6.42 Å². The van der Waals surface area contributed by atoms with Gasteiger partial charge in [-0.3, -0.25) is 19.7 Å². The molecule has 0 aliphatic heterocycles. The molecule has 0 aliphatic carbocycles. The van der Waals surface area contributed by atoms with Crippen LogP contribution in [0.2, 0.25) is 0 Å². The number of hydrogen-bond donors (Lipinski definition) is 2. The Morgan fingerprint density at radius 1 is 1.03 bits per heavy atom. The number of esters is 1. The van der Waals surface area contributed by atoms with Gasteiger partial charge in [-0.2, -0.15) is 0 Å². The first-order valence-corrected chi connectivity index (χ1v) is 8.47.